The topological polar surface area (TPSA) is 71.5 Å². The fourth-order valence-corrected chi connectivity index (χ4v) is 1.85. The zero-order chi connectivity index (χ0) is 14.4. The van der Waals surface area contributed by atoms with Crippen molar-refractivity contribution in [3.8, 4) is 0 Å². The van der Waals surface area contributed by atoms with E-state index >= 15 is 0 Å². The molecule has 0 saturated heterocycles. The highest BCUT2D eigenvalue weighted by molar-refractivity contribution is 5.91. The largest absolute Gasteiger partial charge is 0.455 e. The van der Waals surface area contributed by atoms with Crippen LogP contribution in [-0.4, -0.2) is 26.0 Å². The molecule has 106 valence electrons. The summed E-state index contributed by atoms with van der Waals surface area (Å²) in [6.45, 7) is 1.56. The SMILES string of the molecule is CN(CCNC(=O)c1ccc(CN)o1)c1ccccc1. The molecule has 1 aromatic carbocycles. The molecule has 0 aliphatic heterocycles. The molecule has 0 unspecified atom stereocenters. The van der Waals surface area contributed by atoms with Gasteiger partial charge in [-0.15, -0.1) is 0 Å². The first-order valence-corrected chi connectivity index (χ1v) is 6.54. The smallest absolute Gasteiger partial charge is 0.287 e. The number of carbonyl (C=O) groups is 1. The maximum absolute atomic E-state index is 11.8. The minimum absolute atomic E-state index is 0.217. The molecule has 2 aromatic rings. The Morgan fingerprint density at radius 3 is 2.65 bits per heavy atom. The van der Waals surface area contributed by atoms with E-state index in [4.69, 9.17) is 10.2 Å². The van der Waals surface area contributed by atoms with E-state index in [0.29, 0.717) is 24.6 Å². The van der Waals surface area contributed by atoms with Crippen molar-refractivity contribution in [2.45, 2.75) is 6.54 Å². The zero-order valence-corrected chi connectivity index (χ0v) is 11.5. The van der Waals surface area contributed by atoms with Crippen LogP contribution in [0, 0.1) is 0 Å². The normalized spacial score (nSPS) is 10.3. The van der Waals surface area contributed by atoms with Crippen LogP contribution in [0.2, 0.25) is 0 Å². The van der Waals surface area contributed by atoms with Gasteiger partial charge in [-0.3, -0.25) is 4.79 Å². The maximum Gasteiger partial charge on any atom is 0.287 e. The Kier molecular flexibility index (Phi) is 4.79. The van der Waals surface area contributed by atoms with Crippen molar-refractivity contribution in [3.63, 3.8) is 0 Å². The fraction of sp³-hybridized carbons (Fsp3) is 0.267. The second kappa shape index (κ2) is 6.77. The second-order valence-electron chi connectivity index (χ2n) is 4.48. The number of benzene rings is 1. The number of hydrogen-bond donors (Lipinski definition) is 2. The van der Waals surface area contributed by atoms with E-state index in [2.05, 4.69) is 10.2 Å². The Labute approximate surface area is 118 Å². The summed E-state index contributed by atoms with van der Waals surface area (Å²) in [6, 6.07) is 13.4. The number of likely N-dealkylation sites (N-methyl/N-ethyl adjacent to an activating group) is 1. The molecule has 0 saturated carbocycles. The van der Waals surface area contributed by atoms with Crippen LogP contribution in [0.4, 0.5) is 5.69 Å². The van der Waals surface area contributed by atoms with Crippen LogP contribution < -0.4 is 16.0 Å². The number of para-hydroxylation sites is 1. The molecule has 3 N–H and O–H groups in total. The predicted molar refractivity (Wildman–Crippen MR) is 78.6 cm³/mol. The van der Waals surface area contributed by atoms with Gasteiger partial charge in [0.1, 0.15) is 5.76 Å². The summed E-state index contributed by atoms with van der Waals surface area (Å²) < 4.78 is 5.29. The van der Waals surface area contributed by atoms with Crippen LogP contribution in [0.5, 0.6) is 0 Å². The van der Waals surface area contributed by atoms with E-state index in [1.807, 2.05) is 37.4 Å². The monoisotopic (exact) mass is 273 g/mol. The summed E-state index contributed by atoms with van der Waals surface area (Å²) in [5.74, 6) is 0.690. The minimum atomic E-state index is -0.217. The van der Waals surface area contributed by atoms with E-state index in [1.54, 1.807) is 12.1 Å². The van der Waals surface area contributed by atoms with Crippen LogP contribution in [0.3, 0.4) is 0 Å². The summed E-state index contributed by atoms with van der Waals surface area (Å²) >= 11 is 0. The lowest BCUT2D eigenvalue weighted by Crippen LogP contribution is -2.32. The molecule has 0 fully saturated rings. The van der Waals surface area contributed by atoms with Crippen molar-refractivity contribution < 1.29 is 9.21 Å². The maximum atomic E-state index is 11.8. The molecule has 5 nitrogen and oxygen atoms in total. The van der Waals surface area contributed by atoms with Crippen molar-refractivity contribution in [2.24, 2.45) is 5.73 Å². The number of nitrogens with zero attached hydrogens (tertiary/aromatic N) is 1. The molecule has 1 heterocycles. The number of nitrogens with two attached hydrogens (primary N) is 1. The number of rotatable bonds is 6. The third-order valence-electron chi connectivity index (χ3n) is 3.02. The van der Waals surface area contributed by atoms with Crippen molar-refractivity contribution in [2.75, 3.05) is 25.0 Å². The van der Waals surface area contributed by atoms with Crippen molar-refractivity contribution in [1.29, 1.82) is 0 Å². The minimum Gasteiger partial charge on any atom is -0.455 e. The third kappa shape index (κ3) is 3.61. The van der Waals surface area contributed by atoms with Crippen LogP contribution >= 0.6 is 0 Å². The lowest BCUT2D eigenvalue weighted by molar-refractivity contribution is 0.0925. The Morgan fingerprint density at radius 2 is 2.00 bits per heavy atom. The molecule has 0 radical (unpaired) electrons. The number of amides is 1. The molecular formula is C15H19N3O2. The summed E-state index contributed by atoms with van der Waals surface area (Å²) in [4.78, 5) is 13.9. The van der Waals surface area contributed by atoms with E-state index in [1.165, 1.54) is 0 Å². The van der Waals surface area contributed by atoms with Gasteiger partial charge in [0.05, 0.1) is 6.54 Å². The average molecular weight is 273 g/mol. The molecular weight excluding hydrogens is 254 g/mol. The quantitative estimate of drug-likeness (QED) is 0.838. The van der Waals surface area contributed by atoms with E-state index < -0.39 is 0 Å². The molecule has 0 spiro atoms. The summed E-state index contributed by atoms with van der Waals surface area (Å²) in [5, 5.41) is 2.82. The van der Waals surface area contributed by atoms with Gasteiger partial charge in [0.2, 0.25) is 0 Å². The van der Waals surface area contributed by atoms with Crippen LogP contribution in [0.25, 0.3) is 0 Å². The number of nitrogens with one attached hydrogen (secondary N) is 1. The van der Waals surface area contributed by atoms with Gasteiger partial charge in [-0.1, -0.05) is 18.2 Å². The van der Waals surface area contributed by atoms with E-state index in [0.717, 1.165) is 12.2 Å². The van der Waals surface area contributed by atoms with Crippen molar-refractivity contribution in [3.05, 3.63) is 54.0 Å². The van der Waals surface area contributed by atoms with E-state index in [9.17, 15) is 4.79 Å². The lowest BCUT2D eigenvalue weighted by atomic mass is 10.3. The Bertz CT molecular complexity index is 551. The molecule has 0 aliphatic rings. The van der Waals surface area contributed by atoms with Gasteiger partial charge in [-0.2, -0.15) is 0 Å². The lowest BCUT2D eigenvalue weighted by Gasteiger charge is -2.19. The molecule has 20 heavy (non-hydrogen) atoms. The molecule has 5 heteroatoms. The van der Waals surface area contributed by atoms with Crippen LogP contribution in [-0.2, 0) is 6.54 Å². The first-order valence-electron chi connectivity index (χ1n) is 6.54. The number of anilines is 1. The number of furan rings is 1. The van der Waals surface area contributed by atoms with Gasteiger partial charge in [0.25, 0.3) is 5.91 Å². The van der Waals surface area contributed by atoms with Crippen LogP contribution in [0.15, 0.2) is 46.9 Å². The third-order valence-corrected chi connectivity index (χ3v) is 3.02. The summed E-state index contributed by atoms with van der Waals surface area (Å²) in [6.07, 6.45) is 0. The summed E-state index contributed by atoms with van der Waals surface area (Å²) in [5.41, 5.74) is 6.55. The van der Waals surface area contributed by atoms with Gasteiger partial charge in [-0.05, 0) is 24.3 Å². The Hall–Kier alpha value is -2.27. The predicted octanol–water partition coefficient (Wildman–Crippen LogP) is 1.60. The molecule has 1 amide bonds. The average Bonchev–Trinajstić information content (AvgIpc) is 2.97. The molecule has 1 aromatic heterocycles. The number of hydrogen-bond acceptors (Lipinski definition) is 4. The van der Waals surface area contributed by atoms with E-state index in [-0.39, 0.29) is 5.91 Å². The first-order chi connectivity index (χ1) is 9.70. The standard InChI is InChI=1S/C15H19N3O2/c1-18(12-5-3-2-4-6-12)10-9-17-15(19)14-8-7-13(11-16)20-14/h2-8H,9-11,16H2,1H3,(H,17,19). The van der Waals surface area contributed by atoms with Gasteiger partial charge in [0, 0.05) is 25.8 Å². The number of carbonyl (C=O) groups excluding carboxylic acids is 1. The summed E-state index contributed by atoms with van der Waals surface area (Å²) in [7, 11) is 1.99. The van der Waals surface area contributed by atoms with Gasteiger partial charge in [-0.25, -0.2) is 0 Å². The molecule has 0 bridgehead atoms. The molecule has 0 atom stereocenters. The van der Waals surface area contributed by atoms with Crippen molar-refractivity contribution in [1.82, 2.24) is 5.32 Å². The van der Waals surface area contributed by atoms with Crippen molar-refractivity contribution >= 4 is 11.6 Å². The van der Waals surface area contributed by atoms with Crippen LogP contribution in [0.1, 0.15) is 16.3 Å². The van der Waals surface area contributed by atoms with Gasteiger partial charge < -0.3 is 20.4 Å². The molecule has 2 rings (SSSR count). The Morgan fingerprint density at radius 1 is 1.25 bits per heavy atom. The zero-order valence-electron chi connectivity index (χ0n) is 11.5. The highest BCUT2D eigenvalue weighted by Crippen LogP contribution is 2.10. The molecule has 0 aliphatic carbocycles. The highest BCUT2D eigenvalue weighted by Gasteiger charge is 2.10. The van der Waals surface area contributed by atoms with Gasteiger partial charge in [0.15, 0.2) is 5.76 Å². The fourth-order valence-electron chi connectivity index (χ4n) is 1.85. The highest BCUT2D eigenvalue weighted by atomic mass is 16.4. The Balaban J connectivity index is 1.79. The first kappa shape index (κ1) is 14.1. The van der Waals surface area contributed by atoms with Gasteiger partial charge >= 0.3 is 0 Å². The second-order valence-corrected chi connectivity index (χ2v) is 4.48.